The Kier molecular flexibility index (Phi) is 8.28. The smallest absolute Gasteiger partial charge is 0.220 e. The van der Waals surface area contributed by atoms with E-state index < -0.39 is 0 Å². The monoisotopic (exact) mass is 421 g/mol. The second-order valence-electron chi connectivity index (χ2n) is 5.70. The number of methoxy groups -OCH3 is 2. The molecule has 0 aromatic heterocycles. The molecule has 0 saturated carbocycles. The predicted octanol–water partition coefficient (Wildman–Crippen LogP) is 3.98. The molecule has 0 heterocycles. The third kappa shape index (κ3) is 6.59. The lowest BCUT2D eigenvalue weighted by molar-refractivity contribution is -0.121. The van der Waals surface area contributed by atoms with Gasteiger partial charge >= 0.3 is 0 Å². The molecule has 0 saturated heterocycles. The van der Waals surface area contributed by atoms with Crippen LogP contribution in [0.2, 0.25) is 0 Å². The average molecular weight is 422 g/mol. The largest absolute Gasteiger partial charge is 0.494 e. The first-order valence-electron chi connectivity index (χ1n) is 8.48. The normalized spacial score (nSPS) is 10.3. The van der Waals surface area contributed by atoms with Crippen LogP contribution < -0.4 is 19.5 Å². The molecule has 0 bridgehead atoms. The zero-order valence-corrected chi connectivity index (χ0v) is 16.7. The van der Waals surface area contributed by atoms with Crippen molar-refractivity contribution in [3.05, 3.63) is 52.5 Å². The summed E-state index contributed by atoms with van der Waals surface area (Å²) in [5.41, 5.74) is 1.08. The Morgan fingerprint density at radius 3 is 2.46 bits per heavy atom. The maximum atomic E-state index is 11.9. The summed E-state index contributed by atoms with van der Waals surface area (Å²) < 4.78 is 17.1. The van der Waals surface area contributed by atoms with Crippen LogP contribution >= 0.6 is 15.9 Å². The molecular formula is C20H24BrNO4. The van der Waals surface area contributed by atoms with Crippen LogP contribution in [0.4, 0.5) is 0 Å². The topological polar surface area (TPSA) is 56.8 Å². The molecule has 0 aliphatic heterocycles. The number of carbonyl (C=O) groups is 1. The summed E-state index contributed by atoms with van der Waals surface area (Å²) in [5.74, 6) is 2.24. The van der Waals surface area contributed by atoms with Crippen molar-refractivity contribution in [1.29, 1.82) is 0 Å². The summed E-state index contributed by atoms with van der Waals surface area (Å²) in [5, 5.41) is 2.93. The lowest BCUT2D eigenvalue weighted by Crippen LogP contribution is -2.25. The highest BCUT2D eigenvalue weighted by Gasteiger charge is 2.06. The third-order valence-electron chi connectivity index (χ3n) is 3.81. The van der Waals surface area contributed by atoms with Gasteiger partial charge in [-0.05, 0) is 54.8 Å². The molecule has 26 heavy (non-hydrogen) atoms. The molecular weight excluding hydrogens is 398 g/mol. The zero-order chi connectivity index (χ0) is 18.8. The van der Waals surface area contributed by atoms with Gasteiger partial charge < -0.3 is 19.5 Å². The quantitative estimate of drug-likeness (QED) is 0.589. The van der Waals surface area contributed by atoms with Crippen molar-refractivity contribution in [1.82, 2.24) is 5.32 Å². The van der Waals surface area contributed by atoms with E-state index in [1.54, 1.807) is 14.2 Å². The van der Waals surface area contributed by atoms with Crippen molar-refractivity contribution in [2.45, 2.75) is 19.3 Å². The second-order valence-corrected chi connectivity index (χ2v) is 6.61. The fourth-order valence-electron chi connectivity index (χ4n) is 2.42. The third-order valence-corrected chi connectivity index (χ3v) is 4.34. The zero-order valence-electron chi connectivity index (χ0n) is 15.1. The van der Waals surface area contributed by atoms with Gasteiger partial charge in [0.15, 0.2) is 11.5 Å². The SMILES string of the molecule is COc1ccc(CCNC(=O)CCCOc2ccc(Br)cc2)cc1OC. The Labute approximate surface area is 162 Å². The van der Waals surface area contributed by atoms with Crippen molar-refractivity contribution < 1.29 is 19.0 Å². The van der Waals surface area contributed by atoms with E-state index in [-0.39, 0.29) is 5.91 Å². The van der Waals surface area contributed by atoms with Crippen LogP contribution in [-0.4, -0.2) is 33.3 Å². The molecule has 140 valence electrons. The van der Waals surface area contributed by atoms with Crippen LogP contribution in [0.15, 0.2) is 46.9 Å². The van der Waals surface area contributed by atoms with E-state index in [1.165, 1.54) is 0 Å². The number of amides is 1. The molecule has 2 aromatic carbocycles. The minimum atomic E-state index is 0.0323. The van der Waals surface area contributed by atoms with Gasteiger partial charge in [0.2, 0.25) is 5.91 Å². The number of ether oxygens (including phenoxy) is 3. The van der Waals surface area contributed by atoms with Gasteiger partial charge in [0.05, 0.1) is 20.8 Å². The fourth-order valence-corrected chi connectivity index (χ4v) is 2.69. The van der Waals surface area contributed by atoms with Crippen molar-refractivity contribution in [2.75, 3.05) is 27.4 Å². The standard InChI is InChI=1S/C20H24BrNO4/c1-24-18-10-5-15(14-19(18)25-2)11-12-22-20(23)4-3-13-26-17-8-6-16(21)7-9-17/h5-10,14H,3-4,11-13H2,1-2H3,(H,22,23). The molecule has 0 fully saturated rings. The summed E-state index contributed by atoms with van der Waals surface area (Å²) in [6.45, 7) is 1.10. The number of halogens is 1. The summed E-state index contributed by atoms with van der Waals surface area (Å²) in [6.07, 6.45) is 1.86. The molecule has 0 atom stereocenters. The Hall–Kier alpha value is -2.21. The molecule has 0 unspecified atom stereocenters. The number of benzene rings is 2. The molecule has 0 radical (unpaired) electrons. The van der Waals surface area contributed by atoms with Gasteiger partial charge in [-0.3, -0.25) is 4.79 Å². The van der Waals surface area contributed by atoms with Crippen LogP contribution in [0.25, 0.3) is 0 Å². The number of nitrogens with one attached hydrogen (secondary N) is 1. The Morgan fingerprint density at radius 2 is 1.77 bits per heavy atom. The maximum absolute atomic E-state index is 11.9. The Balaban J connectivity index is 1.63. The van der Waals surface area contributed by atoms with Crippen LogP contribution in [0.1, 0.15) is 18.4 Å². The van der Waals surface area contributed by atoms with Gasteiger partial charge in [0, 0.05) is 17.4 Å². The number of rotatable bonds is 10. The fraction of sp³-hybridized carbons (Fsp3) is 0.350. The number of hydrogen-bond acceptors (Lipinski definition) is 4. The number of carbonyl (C=O) groups excluding carboxylic acids is 1. The van der Waals surface area contributed by atoms with Gasteiger partial charge in [-0.2, -0.15) is 0 Å². The molecule has 0 aliphatic carbocycles. The van der Waals surface area contributed by atoms with Crippen molar-refractivity contribution in [2.24, 2.45) is 0 Å². The minimum absolute atomic E-state index is 0.0323. The first-order valence-corrected chi connectivity index (χ1v) is 9.27. The lowest BCUT2D eigenvalue weighted by atomic mass is 10.1. The van der Waals surface area contributed by atoms with Gasteiger partial charge in [-0.1, -0.05) is 22.0 Å². The molecule has 0 spiro atoms. The second kappa shape index (κ2) is 10.7. The minimum Gasteiger partial charge on any atom is -0.494 e. The summed E-state index contributed by atoms with van der Waals surface area (Å²) >= 11 is 3.38. The first-order chi connectivity index (χ1) is 12.6. The van der Waals surface area contributed by atoms with Gasteiger partial charge in [-0.25, -0.2) is 0 Å². The summed E-state index contributed by atoms with van der Waals surface area (Å²) in [6, 6.07) is 13.4. The Bertz CT molecular complexity index is 703. The predicted molar refractivity (Wildman–Crippen MR) is 105 cm³/mol. The first kappa shape index (κ1) is 20.1. The highest BCUT2D eigenvalue weighted by atomic mass is 79.9. The molecule has 0 aliphatic rings. The molecule has 1 N–H and O–H groups in total. The van der Waals surface area contributed by atoms with Crippen molar-refractivity contribution >= 4 is 21.8 Å². The van der Waals surface area contributed by atoms with Gasteiger partial charge in [0.1, 0.15) is 5.75 Å². The lowest BCUT2D eigenvalue weighted by Gasteiger charge is -2.10. The van der Waals surface area contributed by atoms with E-state index in [2.05, 4.69) is 21.2 Å². The van der Waals surface area contributed by atoms with E-state index in [0.717, 1.165) is 22.2 Å². The summed E-state index contributed by atoms with van der Waals surface area (Å²) in [4.78, 5) is 11.9. The highest BCUT2D eigenvalue weighted by Crippen LogP contribution is 2.27. The van der Waals surface area contributed by atoms with E-state index in [0.29, 0.717) is 37.5 Å². The molecule has 5 nitrogen and oxygen atoms in total. The Morgan fingerprint density at radius 1 is 1.04 bits per heavy atom. The van der Waals surface area contributed by atoms with E-state index in [4.69, 9.17) is 14.2 Å². The molecule has 6 heteroatoms. The summed E-state index contributed by atoms with van der Waals surface area (Å²) in [7, 11) is 3.22. The van der Waals surface area contributed by atoms with E-state index >= 15 is 0 Å². The van der Waals surface area contributed by atoms with Crippen molar-refractivity contribution in [3.63, 3.8) is 0 Å². The van der Waals surface area contributed by atoms with Gasteiger partial charge in [-0.15, -0.1) is 0 Å². The van der Waals surface area contributed by atoms with E-state index in [9.17, 15) is 4.79 Å². The average Bonchev–Trinajstić information content (AvgIpc) is 2.66. The van der Waals surface area contributed by atoms with Crippen LogP contribution in [0.3, 0.4) is 0 Å². The number of hydrogen-bond donors (Lipinski definition) is 1. The van der Waals surface area contributed by atoms with Crippen LogP contribution in [0, 0.1) is 0 Å². The molecule has 2 aromatic rings. The molecule has 1 amide bonds. The van der Waals surface area contributed by atoms with Crippen molar-refractivity contribution in [3.8, 4) is 17.2 Å². The maximum Gasteiger partial charge on any atom is 0.220 e. The van der Waals surface area contributed by atoms with Crippen LogP contribution in [-0.2, 0) is 11.2 Å². The molecule has 2 rings (SSSR count). The van der Waals surface area contributed by atoms with E-state index in [1.807, 2.05) is 42.5 Å². The highest BCUT2D eigenvalue weighted by molar-refractivity contribution is 9.10. The van der Waals surface area contributed by atoms with Crippen LogP contribution in [0.5, 0.6) is 17.2 Å². The van der Waals surface area contributed by atoms with Gasteiger partial charge in [0.25, 0.3) is 0 Å².